The molecule has 1 aliphatic heterocycles. The highest BCUT2D eigenvalue weighted by Crippen LogP contribution is 2.60. The molecular formula is C10H16O3. The maximum Gasteiger partial charge on any atom is 0.168 e. The van der Waals surface area contributed by atoms with Crippen molar-refractivity contribution in [2.24, 2.45) is 17.8 Å². The summed E-state index contributed by atoms with van der Waals surface area (Å²) in [5.41, 5.74) is 0. The van der Waals surface area contributed by atoms with Gasteiger partial charge in [0.25, 0.3) is 0 Å². The summed E-state index contributed by atoms with van der Waals surface area (Å²) in [6.07, 6.45) is 2.02. The third-order valence-electron chi connectivity index (χ3n) is 4.34. The highest BCUT2D eigenvalue weighted by atomic mass is 16.7. The molecule has 1 saturated heterocycles. The molecule has 2 bridgehead atoms. The molecule has 3 aliphatic rings. The van der Waals surface area contributed by atoms with Gasteiger partial charge in [-0.2, -0.15) is 0 Å². The lowest BCUT2D eigenvalue weighted by atomic mass is 9.84. The average Bonchev–Trinajstić information content (AvgIpc) is 2.70. The molecule has 13 heavy (non-hydrogen) atoms. The Morgan fingerprint density at radius 2 is 2.23 bits per heavy atom. The lowest BCUT2D eigenvalue weighted by Gasteiger charge is -2.27. The van der Waals surface area contributed by atoms with Crippen molar-refractivity contribution in [2.75, 3.05) is 7.11 Å². The van der Waals surface area contributed by atoms with Crippen LogP contribution >= 0.6 is 0 Å². The third kappa shape index (κ3) is 0.808. The zero-order valence-electron chi connectivity index (χ0n) is 8.06. The van der Waals surface area contributed by atoms with E-state index in [9.17, 15) is 5.11 Å². The molecular weight excluding hydrogens is 168 g/mol. The second-order valence-corrected chi connectivity index (χ2v) is 4.79. The van der Waals surface area contributed by atoms with Crippen LogP contribution in [-0.2, 0) is 9.47 Å². The molecule has 6 atom stereocenters. The van der Waals surface area contributed by atoms with E-state index in [1.165, 1.54) is 0 Å². The molecule has 0 radical (unpaired) electrons. The smallest absolute Gasteiger partial charge is 0.168 e. The van der Waals surface area contributed by atoms with Crippen LogP contribution in [0.4, 0.5) is 0 Å². The van der Waals surface area contributed by atoms with Gasteiger partial charge in [0.15, 0.2) is 5.79 Å². The first-order chi connectivity index (χ1) is 6.15. The predicted octanol–water partition coefficient (Wildman–Crippen LogP) is 0.765. The molecule has 0 aromatic rings. The molecule has 0 spiro atoms. The number of methoxy groups -OCH3 is 1. The van der Waals surface area contributed by atoms with E-state index in [0.717, 1.165) is 12.8 Å². The third-order valence-corrected chi connectivity index (χ3v) is 4.34. The molecule has 2 aliphatic carbocycles. The minimum Gasteiger partial charge on any atom is -0.390 e. The van der Waals surface area contributed by atoms with E-state index in [0.29, 0.717) is 17.8 Å². The fraction of sp³-hybridized carbons (Fsp3) is 1.00. The zero-order chi connectivity index (χ0) is 9.22. The first-order valence-electron chi connectivity index (χ1n) is 5.07. The lowest BCUT2D eigenvalue weighted by Crippen LogP contribution is -2.33. The quantitative estimate of drug-likeness (QED) is 0.654. The largest absolute Gasteiger partial charge is 0.390 e. The van der Waals surface area contributed by atoms with Gasteiger partial charge in [-0.25, -0.2) is 0 Å². The molecule has 1 N–H and O–H groups in total. The van der Waals surface area contributed by atoms with Crippen molar-refractivity contribution in [1.82, 2.24) is 0 Å². The Hall–Kier alpha value is -0.120. The summed E-state index contributed by atoms with van der Waals surface area (Å²) in [4.78, 5) is 0. The molecule has 0 aromatic carbocycles. The fourth-order valence-corrected chi connectivity index (χ4v) is 3.59. The maximum absolute atomic E-state index is 9.85. The van der Waals surface area contributed by atoms with Gasteiger partial charge in [0, 0.05) is 13.0 Å². The predicted molar refractivity (Wildman–Crippen MR) is 46.0 cm³/mol. The topological polar surface area (TPSA) is 38.7 Å². The van der Waals surface area contributed by atoms with Crippen molar-refractivity contribution in [1.29, 1.82) is 0 Å². The summed E-state index contributed by atoms with van der Waals surface area (Å²) >= 11 is 0. The van der Waals surface area contributed by atoms with Crippen LogP contribution in [0.25, 0.3) is 0 Å². The van der Waals surface area contributed by atoms with Gasteiger partial charge >= 0.3 is 0 Å². The van der Waals surface area contributed by atoms with Gasteiger partial charge < -0.3 is 14.6 Å². The molecule has 0 amide bonds. The Bertz CT molecular complexity index is 242. The van der Waals surface area contributed by atoms with Crippen LogP contribution in [0.15, 0.2) is 0 Å². The van der Waals surface area contributed by atoms with Crippen molar-refractivity contribution in [3.05, 3.63) is 0 Å². The summed E-state index contributed by atoms with van der Waals surface area (Å²) in [5, 5.41) is 9.85. The van der Waals surface area contributed by atoms with E-state index in [-0.39, 0.29) is 12.2 Å². The second-order valence-electron chi connectivity index (χ2n) is 4.79. The van der Waals surface area contributed by atoms with Crippen LogP contribution in [0, 0.1) is 17.8 Å². The summed E-state index contributed by atoms with van der Waals surface area (Å²) in [6.45, 7) is 2.01. The highest BCUT2D eigenvalue weighted by Gasteiger charge is 2.65. The Kier molecular flexibility index (Phi) is 1.43. The minimum absolute atomic E-state index is 0.0497. The van der Waals surface area contributed by atoms with Crippen LogP contribution < -0.4 is 0 Å². The summed E-state index contributed by atoms with van der Waals surface area (Å²) < 4.78 is 11.2. The number of rotatable bonds is 1. The van der Waals surface area contributed by atoms with E-state index in [4.69, 9.17) is 9.47 Å². The Morgan fingerprint density at radius 3 is 2.77 bits per heavy atom. The van der Waals surface area contributed by atoms with E-state index in [1.54, 1.807) is 7.11 Å². The molecule has 6 unspecified atom stereocenters. The van der Waals surface area contributed by atoms with Gasteiger partial charge in [0.05, 0.1) is 12.2 Å². The number of hydrogen-bond donors (Lipinski definition) is 1. The lowest BCUT2D eigenvalue weighted by molar-refractivity contribution is -0.220. The van der Waals surface area contributed by atoms with Gasteiger partial charge in [-0.05, 0) is 31.6 Å². The van der Waals surface area contributed by atoms with Gasteiger partial charge in [-0.1, -0.05) is 0 Å². The van der Waals surface area contributed by atoms with Gasteiger partial charge in [0.1, 0.15) is 0 Å². The van der Waals surface area contributed by atoms with Crippen molar-refractivity contribution >= 4 is 0 Å². The monoisotopic (exact) mass is 184 g/mol. The number of ether oxygens (including phenoxy) is 2. The van der Waals surface area contributed by atoms with Crippen molar-refractivity contribution in [3.8, 4) is 0 Å². The SMILES string of the molecule is COC1(C)OC2C(O)C3CC2C1C3. The van der Waals surface area contributed by atoms with Crippen molar-refractivity contribution in [3.63, 3.8) is 0 Å². The van der Waals surface area contributed by atoms with Crippen LogP contribution in [-0.4, -0.2) is 30.2 Å². The molecule has 3 fully saturated rings. The molecule has 74 valence electrons. The highest BCUT2D eigenvalue weighted by molar-refractivity contribution is 5.10. The Balaban J connectivity index is 1.96. The summed E-state index contributed by atoms with van der Waals surface area (Å²) in [7, 11) is 1.70. The molecule has 0 aromatic heterocycles. The standard InChI is InChI=1S/C10H16O3/c1-10(12-2)7-4-5-3-6(7)9(13-10)8(5)11/h5-9,11H,3-4H2,1-2H3. The van der Waals surface area contributed by atoms with Gasteiger partial charge in [0.2, 0.25) is 0 Å². The van der Waals surface area contributed by atoms with Crippen LogP contribution in [0.1, 0.15) is 19.8 Å². The Labute approximate surface area is 78.0 Å². The number of hydrogen-bond acceptors (Lipinski definition) is 3. The van der Waals surface area contributed by atoms with Crippen LogP contribution in [0.2, 0.25) is 0 Å². The second kappa shape index (κ2) is 2.27. The molecule has 1 heterocycles. The summed E-state index contributed by atoms with van der Waals surface area (Å²) in [5.74, 6) is 1.10. The molecule has 3 heteroatoms. The average molecular weight is 184 g/mol. The maximum atomic E-state index is 9.85. The first-order valence-corrected chi connectivity index (χ1v) is 5.07. The van der Waals surface area contributed by atoms with Crippen molar-refractivity contribution < 1.29 is 14.6 Å². The molecule has 2 saturated carbocycles. The first kappa shape index (κ1) is 8.21. The van der Waals surface area contributed by atoms with Crippen LogP contribution in [0.5, 0.6) is 0 Å². The van der Waals surface area contributed by atoms with E-state index in [2.05, 4.69) is 0 Å². The van der Waals surface area contributed by atoms with Crippen LogP contribution in [0.3, 0.4) is 0 Å². The minimum atomic E-state index is -0.429. The molecule has 3 nitrogen and oxygen atoms in total. The fourth-order valence-electron chi connectivity index (χ4n) is 3.59. The molecule has 3 rings (SSSR count). The van der Waals surface area contributed by atoms with Gasteiger partial charge in [-0.3, -0.25) is 0 Å². The zero-order valence-corrected chi connectivity index (χ0v) is 8.06. The number of aliphatic hydroxyl groups excluding tert-OH is 1. The van der Waals surface area contributed by atoms with E-state index >= 15 is 0 Å². The summed E-state index contributed by atoms with van der Waals surface area (Å²) in [6, 6.07) is 0. The van der Waals surface area contributed by atoms with E-state index in [1.807, 2.05) is 6.92 Å². The number of fused-ring (bicyclic) bond motifs is 1. The van der Waals surface area contributed by atoms with Crippen molar-refractivity contribution in [2.45, 2.75) is 37.8 Å². The van der Waals surface area contributed by atoms with E-state index < -0.39 is 5.79 Å². The number of aliphatic hydroxyl groups is 1. The Morgan fingerprint density at radius 1 is 1.46 bits per heavy atom. The normalized spacial score (nSPS) is 63.5. The van der Waals surface area contributed by atoms with Gasteiger partial charge in [-0.15, -0.1) is 0 Å².